The van der Waals surface area contributed by atoms with Crippen molar-refractivity contribution in [1.82, 2.24) is 10.6 Å². The van der Waals surface area contributed by atoms with Crippen LogP contribution < -0.4 is 10.6 Å². The maximum absolute atomic E-state index is 11.4. The minimum Gasteiger partial charge on any atom is -0.375 e. The van der Waals surface area contributed by atoms with E-state index in [1.54, 1.807) is 0 Å². The van der Waals surface area contributed by atoms with E-state index in [0.29, 0.717) is 24.8 Å². The third-order valence-corrected chi connectivity index (χ3v) is 6.20. The normalized spacial score (nSPS) is 20.4. The monoisotopic (exact) mass is 408 g/mol. The molecule has 1 spiro atoms. The third-order valence-electron chi connectivity index (χ3n) is 5.43. The lowest BCUT2D eigenvalue weighted by Crippen LogP contribution is -2.41. The van der Waals surface area contributed by atoms with Crippen LogP contribution >= 0.6 is 23.2 Å². The van der Waals surface area contributed by atoms with Gasteiger partial charge in [0.1, 0.15) is 6.29 Å². The molecule has 1 atom stereocenters. The maximum atomic E-state index is 11.4. The summed E-state index contributed by atoms with van der Waals surface area (Å²) in [5.41, 5.74) is 2.35. The number of ether oxygens (including phenoxy) is 1. The van der Waals surface area contributed by atoms with Crippen molar-refractivity contribution in [2.45, 2.75) is 31.8 Å². The Balaban J connectivity index is 1.55. The number of rotatable bonds is 8. The second kappa shape index (κ2) is 9.85. The lowest BCUT2D eigenvalue weighted by atomic mass is 9.68. The van der Waals surface area contributed by atoms with Crippen LogP contribution in [0.3, 0.4) is 0 Å². The van der Waals surface area contributed by atoms with E-state index in [1.807, 2.05) is 36.4 Å². The minimum atomic E-state index is -0.340. The number of hydrogen-bond donors (Lipinski definition) is 2. The maximum Gasteiger partial charge on any atom is 0.139 e. The van der Waals surface area contributed by atoms with Crippen molar-refractivity contribution in [3.63, 3.8) is 0 Å². The smallest absolute Gasteiger partial charge is 0.139 e. The molecule has 0 aromatic heterocycles. The van der Waals surface area contributed by atoms with Crippen LogP contribution in [0, 0.1) is 5.41 Å². The summed E-state index contributed by atoms with van der Waals surface area (Å²) in [5.74, 6) is 0. The summed E-state index contributed by atoms with van der Waals surface area (Å²) in [6, 6.07) is 9.67. The largest absolute Gasteiger partial charge is 0.375 e. The van der Waals surface area contributed by atoms with Crippen LogP contribution in [-0.4, -0.2) is 38.6 Å². The van der Waals surface area contributed by atoms with Gasteiger partial charge < -0.3 is 20.2 Å². The molecule has 1 aliphatic heterocycles. The van der Waals surface area contributed by atoms with Gasteiger partial charge in [0, 0.05) is 17.0 Å². The third kappa shape index (κ3) is 5.43. The average Bonchev–Trinajstić information content (AvgIpc) is 2.70. The first-order chi connectivity index (χ1) is 13.1. The van der Waals surface area contributed by atoms with Crippen LogP contribution in [0.25, 0.3) is 0 Å². The van der Waals surface area contributed by atoms with Crippen molar-refractivity contribution in [1.29, 1.82) is 0 Å². The lowest BCUT2D eigenvalue weighted by molar-refractivity contribution is -0.110. The molecule has 0 amide bonds. The molecule has 1 heterocycles. The van der Waals surface area contributed by atoms with Crippen LogP contribution in [0.2, 0.25) is 0 Å². The van der Waals surface area contributed by atoms with Gasteiger partial charge in [0.15, 0.2) is 0 Å². The van der Waals surface area contributed by atoms with Gasteiger partial charge in [0.05, 0.1) is 24.3 Å². The first-order valence-corrected chi connectivity index (χ1v) is 10.1. The van der Waals surface area contributed by atoms with Crippen molar-refractivity contribution in [2.75, 3.05) is 26.3 Å². The predicted molar refractivity (Wildman–Crippen MR) is 110 cm³/mol. The second-order valence-electron chi connectivity index (χ2n) is 7.25. The molecular weight excluding hydrogens is 383 g/mol. The molecule has 3 rings (SSSR count). The average molecular weight is 409 g/mol. The van der Waals surface area contributed by atoms with Gasteiger partial charge in [-0.1, -0.05) is 53.5 Å². The molecule has 6 heteroatoms. The first kappa shape index (κ1) is 20.6. The molecule has 27 heavy (non-hydrogen) atoms. The Hall–Kier alpha value is -1.17. The predicted octanol–water partition coefficient (Wildman–Crippen LogP) is 3.75. The fourth-order valence-electron chi connectivity index (χ4n) is 3.76. The van der Waals surface area contributed by atoms with Crippen LogP contribution in [0.15, 0.2) is 52.0 Å². The van der Waals surface area contributed by atoms with Gasteiger partial charge in [-0.15, -0.1) is 0 Å². The van der Waals surface area contributed by atoms with Gasteiger partial charge in [-0.05, 0) is 49.6 Å². The van der Waals surface area contributed by atoms with Crippen molar-refractivity contribution < 1.29 is 9.53 Å². The Labute approximate surface area is 170 Å². The number of carbonyl (C=O) groups excluding carboxylic acids is 1. The Kier molecular flexibility index (Phi) is 7.50. The van der Waals surface area contributed by atoms with Crippen molar-refractivity contribution in [3.8, 4) is 0 Å². The molecule has 1 fully saturated rings. The van der Waals surface area contributed by atoms with Gasteiger partial charge >= 0.3 is 0 Å². The molecule has 2 N–H and O–H groups in total. The Morgan fingerprint density at radius 2 is 1.96 bits per heavy atom. The Morgan fingerprint density at radius 3 is 2.67 bits per heavy atom. The molecule has 4 nitrogen and oxygen atoms in total. The molecule has 1 aromatic carbocycles. The molecular formula is C21H26Cl2N2O2. The zero-order valence-corrected chi connectivity index (χ0v) is 16.9. The fraction of sp³-hybridized carbons (Fsp3) is 0.476. The van der Waals surface area contributed by atoms with E-state index < -0.39 is 0 Å². The first-order valence-electron chi connectivity index (χ1n) is 9.39. The van der Waals surface area contributed by atoms with E-state index in [9.17, 15) is 4.79 Å². The van der Waals surface area contributed by atoms with Gasteiger partial charge in [-0.25, -0.2) is 0 Å². The topological polar surface area (TPSA) is 50.4 Å². The van der Waals surface area contributed by atoms with Gasteiger partial charge in [-0.2, -0.15) is 0 Å². The highest BCUT2D eigenvalue weighted by atomic mass is 35.5. The number of carbonyl (C=O) groups is 1. The number of nitrogens with one attached hydrogen (secondary N) is 2. The summed E-state index contributed by atoms with van der Waals surface area (Å²) in [5, 5.41) is 7.97. The summed E-state index contributed by atoms with van der Waals surface area (Å²) in [7, 11) is 0. The van der Waals surface area contributed by atoms with Gasteiger partial charge in [0.25, 0.3) is 0 Å². The summed E-state index contributed by atoms with van der Waals surface area (Å²) < 4.78 is 5.92. The highest BCUT2D eigenvalue weighted by Gasteiger charge is 2.39. The van der Waals surface area contributed by atoms with E-state index in [2.05, 4.69) is 10.6 Å². The molecule has 1 saturated heterocycles. The lowest BCUT2D eigenvalue weighted by Gasteiger charge is -2.42. The second-order valence-corrected chi connectivity index (χ2v) is 8.12. The standard InChI is InChI=1S/C21H26Cl2N2O2/c22-19-10-17(21(11-20(19)23)6-8-24-9-7-21)14-27-15-18(13-26)25-12-16-4-2-1-3-5-16/h1-5,10,13,18,24-25H,6-9,11-12,14-15H2. The molecule has 1 aliphatic carbocycles. The zero-order chi connectivity index (χ0) is 19.1. The molecule has 2 aliphatic rings. The minimum absolute atomic E-state index is 0.0227. The summed E-state index contributed by atoms with van der Waals surface area (Å²) in [6.45, 7) is 3.37. The van der Waals surface area contributed by atoms with Crippen LogP contribution in [-0.2, 0) is 16.1 Å². The van der Waals surface area contributed by atoms with Crippen molar-refractivity contribution >= 4 is 29.5 Å². The van der Waals surface area contributed by atoms with Crippen LogP contribution in [0.5, 0.6) is 0 Å². The Bertz CT molecular complexity index is 697. The van der Waals surface area contributed by atoms with Crippen LogP contribution in [0.1, 0.15) is 24.8 Å². The highest BCUT2D eigenvalue weighted by molar-refractivity contribution is 6.40. The number of piperidine rings is 1. The van der Waals surface area contributed by atoms with Gasteiger partial charge in [-0.3, -0.25) is 0 Å². The quantitative estimate of drug-likeness (QED) is 0.643. The molecule has 0 bridgehead atoms. The molecule has 0 saturated carbocycles. The van der Waals surface area contributed by atoms with Gasteiger partial charge in [0.2, 0.25) is 0 Å². The van der Waals surface area contributed by atoms with E-state index in [4.69, 9.17) is 27.9 Å². The molecule has 1 unspecified atom stereocenters. The van der Waals surface area contributed by atoms with E-state index in [-0.39, 0.29) is 11.5 Å². The molecule has 146 valence electrons. The zero-order valence-electron chi connectivity index (χ0n) is 15.3. The van der Waals surface area contributed by atoms with Crippen molar-refractivity contribution in [2.24, 2.45) is 5.41 Å². The number of halogens is 2. The van der Waals surface area contributed by atoms with Crippen LogP contribution in [0.4, 0.5) is 0 Å². The highest BCUT2D eigenvalue weighted by Crippen LogP contribution is 2.48. The number of benzene rings is 1. The summed E-state index contributed by atoms with van der Waals surface area (Å²) in [6.07, 6.45) is 5.68. The fourth-order valence-corrected chi connectivity index (χ4v) is 4.27. The number of allylic oxidation sites excluding steroid dienone is 3. The summed E-state index contributed by atoms with van der Waals surface area (Å²) >= 11 is 12.6. The number of aldehydes is 1. The Morgan fingerprint density at radius 1 is 1.22 bits per heavy atom. The van der Waals surface area contributed by atoms with E-state index >= 15 is 0 Å². The van der Waals surface area contributed by atoms with E-state index in [1.165, 1.54) is 5.57 Å². The summed E-state index contributed by atoms with van der Waals surface area (Å²) in [4.78, 5) is 11.4. The molecule has 1 aromatic rings. The van der Waals surface area contributed by atoms with E-state index in [0.717, 1.165) is 49.2 Å². The van der Waals surface area contributed by atoms with Crippen molar-refractivity contribution in [3.05, 3.63) is 57.6 Å². The molecule has 0 radical (unpaired) electrons. The SMILES string of the molecule is O=CC(COCC1=CC(Cl)=C(Cl)CC12CCNCC2)NCc1ccccc1. The number of hydrogen-bond acceptors (Lipinski definition) is 4.